The average Bonchev–Trinajstić information content (AvgIpc) is 2.71. The van der Waals surface area contributed by atoms with Gasteiger partial charge in [0, 0.05) is 12.1 Å². The summed E-state index contributed by atoms with van der Waals surface area (Å²) in [5.41, 5.74) is 1.14. The molecule has 0 aliphatic heterocycles. The van der Waals surface area contributed by atoms with Gasteiger partial charge in [-0.2, -0.15) is 0 Å². The Bertz CT molecular complexity index is 321. The zero-order valence-corrected chi connectivity index (χ0v) is 12.0. The number of ether oxygens (including phenoxy) is 1. The maximum Gasteiger partial charge on any atom is 0.123 e. The van der Waals surface area contributed by atoms with Crippen LogP contribution in [0.5, 0.6) is 0 Å². The summed E-state index contributed by atoms with van der Waals surface area (Å²) in [6.45, 7) is 8.48. The third kappa shape index (κ3) is 6.19. The molecule has 1 N–H and O–H groups in total. The van der Waals surface area contributed by atoms with Crippen LogP contribution in [0, 0.1) is 5.92 Å². The number of likely N-dealkylation sites (N-methyl/N-ethyl adjacent to an activating group) is 1. The molecule has 0 aliphatic carbocycles. The molecule has 104 valence electrons. The van der Waals surface area contributed by atoms with Gasteiger partial charge < -0.3 is 19.4 Å². The summed E-state index contributed by atoms with van der Waals surface area (Å²) in [6.07, 6.45) is 1.73. The molecule has 4 nitrogen and oxygen atoms in total. The number of hydrogen-bond acceptors (Lipinski definition) is 4. The summed E-state index contributed by atoms with van der Waals surface area (Å²) in [4.78, 5) is 2.11. The average molecular weight is 254 g/mol. The molecule has 1 aromatic rings. The van der Waals surface area contributed by atoms with Crippen LogP contribution < -0.4 is 5.32 Å². The van der Waals surface area contributed by atoms with Crippen molar-refractivity contribution in [2.24, 2.45) is 5.92 Å². The van der Waals surface area contributed by atoms with E-state index in [0.29, 0.717) is 12.5 Å². The highest BCUT2D eigenvalue weighted by molar-refractivity contribution is 5.15. The van der Waals surface area contributed by atoms with Crippen LogP contribution in [0.15, 0.2) is 16.7 Å². The molecule has 1 rings (SSSR count). The summed E-state index contributed by atoms with van der Waals surface area (Å²) >= 11 is 0. The van der Waals surface area contributed by atoms with Crippen molar-refractivity contribution in [1.82, 2.24) is 10.2 Å². The fourth-order valence-corrected chi connectivity index (χ4v) is 1.55. The minimum atomic E-state index is 0.628. The third-order valence-electron chi connectivity index (χ3n) is 2.62. The van der Waals surface area contributed by atoms with Crippen LogP contribution in [0.3, 0.4) is 0 Å². The van der Waals surface area contributed by atoms with Gasteiger partial charge in [0.2, 0.25) is 0 Å². The second kappa shape index (κ2) is 8.29. The van der Waals surface area contributed by atoms with Crippen LogP contribution in [0.1, 0.15) is 25.2 Å². The largest absolute Gasteiger partial charge is 0.468 e. The van der Waals surface area contributed by atoms with E-state index in [4.69, 9.17) is 9.15 Å². The van der Waals surface area contributed by atoms with Gasteiger partial charge in [0.15, 0.2) is 0 Å². The SMILES string of the molecule is CC(C)CNCc1occc1COCCN(C)C. The molecule has 18 heavy (non-hydrogen) atoms. The Morgan fingerprint density at radius 3 is 2.83 bits per heavy atom. The van der Waals surface area contributed by atoms with Gasteiger partial charge in [0.25, 0.3) is 0 Å². The molecule has 0 aliphatic rings. The van der Waals surface area contributed by atoms with Crippen LogP contribution >= 0.6 is 0 Å². The number of hydrogen-bond donors (Lipinski definition) is 1. The highest BCUT2D eigenvalue weighted by atomic mass is 16.5. The molecule has 0 bridgehead atoms. The molecule has 0 saturated carbocycles. The van der Waals surface area contributed by atoms with Gasteiger partial charge >= 0.3 is 0 Å². The fraction of sp³-hybridized carbons (Fsp3) is 0.714. The molecule has 0 aromatic carbocycles. The van der Waals surface area contributed by atoms with E-state index in [1.165, 1.54) is 0 Å². The van der Waals surface area contributed by atoms with Crippen molar-refractivity contribution in [3.63, 3.8) is 0 Å². The lowest BCUT2D eigenvalue weighted by molar-refractivity contribution is 0.104. The third-order valence-corrected chi connectivity index (χ3v) is 2.62. The maximum atomic E-state index is 5.63. The normalized spacial score (nSPS) is 11.7. The summed E-state index contributed by atoms with van der Waals surface area (Å²) in [6, 6.07) is 1.99. The highest BCUT2D eigenvalue weighted by Crippen LogP contribution is 2.11. The van der Waals surface area contributed by atoms with Crippen molar-refractivity contribution in [3.05, 3.63) is 23.7 Å². The standard InChI is InChI=1S/C14H26N2O2/c1-12(2)9-15-10-14-13(5-7-18-14)11-17-8-6-16(3)4/h5,7,12,15H,6,8-11H2,1-4H3. The molecular weight excluding hydrogens is 228 g/mol. The lowest BCUT2D eigenvalue weighted by Gasteiger charge is -2.10. The van der Waals surface area contributed by atoms with Crippen LogP contribution in [0.4, 0.5) is 0 Å². The minimum absolute atomic E-state index is 0.628. The lowest BCUT2D eigenvalue weighted by atomic mass is 10.2. The molecule has 0 unspecified atom stereocenters. The molecule has 0 saturated heterocycles. The van der Waals surface area contributed by atoms with Crippen LogP contribution in [-0.4, -0.2) is 38.7 Å². The summed E-state index contributed by atoms with van der Waals surface area (Å²) in [5, 5.41) is 3.38. The molecule has 0 atom stereocenters. The second-order valence-corrected chi connectivity index (χ2v) is 5.25. The zero-order valence-electron chi connectivity index (χ0n) is 12.0. The molecule has 0 spiro atoms. The first-order valence-corrected chi connectivity index (χ1v) is 6.58. The van der Waals surface area contributed by atoms with E-state index < -0.39 is 0 Å². The monoisotopic (exact) mass is 254 g/mol. The van der Waals surface area contributed by atoms with Gasteiger partial charge in [-0.3, -0.25) is 0 Å². The lowest BCUT2D eigenvalue weighted by Crippen LogP contribution is -2.20. The number of furan rings is 1. The quantitative estimate of drug-likeness (QED) is 0.685. The zero-order chi connectivity index (χ0) is 13.4. The van der Waals surface area contributed by atoms with Crippen LogP contribution in [0.2, 0.25) is 0 Å². The Kier molecular flexibility index (Phi) is 7.01. The molecular formula is C14H26N2O2. The Hall–Kier alpha value is -0.840. The molecule has 1 aromatic heterocycles. The van der Waals surface area contributed by atoms with E-state index in [-0.39, 0.29) is 0 Å². The van der Waals surface area contributed by atoms with Crippen molar-refractivity contribution >= 4 is 0 Å². The first-order valence-electron chi connectivity index (χ1n) is 6.58. The van der Waals surface area contributed by atoms with E-state index in [9.17, 15) is 0 Å². The Morgan fingerprint density at radius 2 is 2.17 bits per heavy atom. The van der Waals surface area contributed by atoms with Gasteiger partial charge in [-0.1, -0.05) is 13.8 Å². The first kappa shape index (κ1) is 15.2. The topological polar surface area (TPSA) is 37.6 Å². The maximum absolute atomic E-state index is 5.63. The van der Waals surface area contributed by atoms with Gasteiger partial charge in [0.1, 0.15) is 5.76 Å². The molecule has 0 fully saturated rings. The smallest absolute Gasteiger partial charge is 0.123 e. The molecule has 0 radical (unpaired) electrons. The highest BCUT2D eigenvalue weighted by Gasteiger charge is 2.06. The first-order chi connectivity index (χ1) is 8.59. The van der Waals surface area contributed by atoms with Crippen LogP contribution in [-0.2, 0) is 17.9 Å². The minimum Gasteiger partial charge on any atom is -0.468 e. The second-order valence-electron chi connectivity index (χ2n) is 5.25. The van der Waals surface area contributed by atoms with Crippen molar-refractivity contribution in [1.29, 1.82) is 0 Å². The number of nitrogens with zero attached hydrogens (tertiary/aromatic N) is 1. The van der Waals surface area contributed by atoms with Crippen LogP contribution in [0.25, 0.3) is 0 Å². The number of rotatable bonds is 9. The van der Waals surface area contributed by atoms with Gasteiger partial charge in [0.05, 0.1) is 26.0 Å². The molecule has 1 heterocycles. The van der Waals surface area contributed by atoms with Gasteiger partial charge in [-0.25, -0.2) is 0 Å². The Labute approximate surface area is 110 Å². The van der Waals surface area contributed by atoms with Gasteiger partial charge in [-0.15, -0.1) is 0 Å². The molecule has 0 amide bonds. The van der Waals surface area contributed by atoms with Crippen molar-refractivity contribution in [2.75, 3.05) is 33.8 Å². The van der Waals surface area contributed by atoms with Crippen molar-refractivity contribution < 1.29 is 9.15 Å². The predicted molar refractivity (Wildman–Crippen MR) is 73.5 cm³/mol. The Balaban J connectivity index is 2.26. The molecule has 4 heteroatoms. The van der Waals surface area contributed by atoms with Gasteiger partial charge in [-0.05, 0) is 32.6 Å². The summed E-state index contributed by atoms with van der Waals surface area (Å²) in [7, 11) is 4.09. The van der Waals surface area contributed by atoms with E-state index in [1.807, 2.05) is 20.2 Å². The van der Waals surface area contributed by atoms with E-state index in [1.54, 1.807) is 6.26 Å². The van der Waals surface area contributed by atoms with Crippen molar-refractivity contribution in [2.45, 2.75) is 27.0 Å². The van der Waals surface area contributed by atoms with E-state index >= 15 is 0 Å². The van der Waals surface area contributed by atoms with E-state index in [0.717, 1.165) is 37.6 Å². The van der Waals surface area contributed by atoms with E-state index in [2.05, 4.69) is 24.1 Å². The fourth-order valence-electron chi connectivity index (χ4n) is 1.55. The Morgan fingerprint density at radius 1 is 1.39 bits per heavy atom. The van der Waals surface area contributed by atoms with Crippen molar-refractivity contribution in [3.8, 4) is 0 Å². The summed E-state index contributed by atoms with van der Waals surface area (Å²) < 4.78 is 11.1. The predicted octanol–water partition coefficient (Wildman–Crippen LogP) is 2.10. The summed E-state index contributed by atoms with van der Waals surface area (Å²) in [5.74, 6) is 1.64. The number of nitrogens with one attached hydrogen (secondary N) is 1.